The number of carbonyl (C=O) groups is 1. The normalized spacial score (nSPS) is 18.9. The van der Waals surface area contributed by atoms with E-state index in [0.717, 1.165) is 96.5 Å². The summed E-state index contributed by atoms with van der Waals surface area (Å²) in [7, 11) is 0. The zero-order valence-electron chi connectivity index (χ0n) is 23.2. The van der Waals surface area contributed by atoms with Crippen molar-refractivity contribution >= 4 is 34.5 Å². The highest BCUT2D eigenvalue weighted by Gasteiger charge is 2.29. The number of rotatable bonds is 8. The van der Waals surface area contributed by atoms with Crippen LogP contribution >= 0.6 is 0 Å². The second-order valence-corrected chi connectivity index (χ2v) is 11.3. The number of benzene rings is 2. The minimum atomic E-state index is -0.160. The number of ether oxygens (including phenoxy) is 2. The van der Waals surface area contributed by atoms with Crippen LogP contribution < -0.4 is 21.1 Å². The molecule has 2 saturated carbocycles. The molecule has 0 radical (unpaired) electrons. The topological polar surface area (TPSA) is 114 Å². The summed E-state index contributed by atoms with van der Waals surface area (Å²) >= 11 is 0. The van der Waals surface area contributed by atoms with E-state index in [9.17, 15) is 4.79 Å². The minimum Gasteiger partial charge on any atom is -0.490 e. The van der Waals surface area contributed by atoms with Crippen LogP contribution in [-0.2, 0) is 4.74 Å². The molecule has 1 saturated heterocycles. The molecule has 3 fully saturated rings. The van der Waals surface area contributed by atoms with Gasteiger partial charge in [0.1, 0.15) is 11.9 Å². The lowest BCUT2D eigenvalue weighted by atomic mass is 9.92. The molecule has 0 unspecified atom stereocenters. The van der Waals surface area contributed by atoms with E-state index in [1.807, 2.05) is 25.1 Å². The van der Waals surface area contributed by atoms with Gasteiger partial charge in [0.25, 0.3) is 0 Å². The molecule has 8 nitrogen and oxygen atoms in total. The molecule has 40 heavy (non-hydrogen) atoms. The molecular weight excluding hydrogens is 502 g/mol. The Morgan fingerprint density at radius 3 is 2.40 bits per heavy atom. The Morgan fingerprint density at radius 2 is 1.77 bits per heavy atom. The number of hydrogen-bond donors (Lipinski definition) is 4. The summed E-state index contributed by atoms with van der Waals surface area (Å²) in [6, 6.07) is 14.8. The van der Waals surface area contributed by atoms with Crippen molar-refractivity contribution < 1.29 is 14.3 Å². The van der Waals surface area contributed by atoms with E-state index >= 15 is 0 Å². The van der Waals surface area contributed by atoms with Gasteiger partial charge in [-0.05, 0) is 80.9 Å². The third-order valence-electron chi connectivity index (χ3n) is 8.65. The quantitative estimate of drug-likeness (QED) is 0.240. The van der Waals surface area contributed by atoms with Gasteiger partial charge in [-0.2, -0.15) is 0 Å². The first-order valence-electron chi connectivity index (χ1n) is 14.6. The van der Waals surface area contributed by atoms with Gasteiger partial charge in [-0.25, -0.2) is 4.79 Å². The number of nitrogens with one attached hydrogen (secondary N) is 3. The van der Waals surface area contributed by atoms with Crippen LogP contribution in [0.25, 0.3) is 27.9 Å². The van der Waals surface area contributed by atoms with Gasteiger partial charge in [-0.1, -0.05) is 12.1 Å². The van der Waals surface area contributed by atoms with E-state index in [2.05, 4.69) is 39.5 Å². The Labute approximate surface area is 235 Å². The molecule has 210 valence electrons. The molecule has 2 aromatic carbocycles. The van der Waals surface area contributed by atoms with Gasteiger partial charge in [0, 0.05) is 59.5 Å². The number of urea groups is 1. The third-order valence-corrected chi connectivity index (χ3v) is 8.65. The van der Waals surface area contributed by atoms with Crippen LogP contribution in [0.5, 0.6) is 5.75 Å². The average molecular weight is 542 g/mol. The van der Waals surface area contributed by atoms with Crippen LogP contribution in [0.1, 0.15) is 69.9 Å². The second-order valence-electron chi connectivity index (χ2n) is 11.3. The largest absolute Gasteiger partial charge is 0.490 e. The lowest BCUT2D eigenvalue weighted by Gasteiger charge is -2.30. The van der Waals surface area contributed by atoms with E-state index < -0.39 is 0 Å². The van der Waals surface area contributed by atoms with Crippen molar-refractivity contribution in [2.75, 3.05) is 18.5 Å². The molecule has 0 atom stereocenters. The number of carbonyl (C=O) groups excluding carboxylic acids is 1. The van der Waals surface area contributed by atoms with E-state index in [-0.39, 0.29) is 18.2 Å². The highest BCUT2D eigenvalue weighted by atomic mass is 16.5. The summed E-state index contributed by atoms with van der Waals surface area (Å²) < 4.78 is 14.4. The Balaban J connectivity index is 1.42. The van der Waals surface area contributed by atoms with Crippen LogP contribution in [0.4, 0.5) is 10.5 Å². The molecule has 2 amide bonds. The van der Waals surface area contributed by atoms with E-state index in [1.165, 1.54) is 19.1 Å². The molecular formula is C32H39N5O3. The van der Waals surface area contributed by atoms with Crippen LogP contribution in [0.3, 0.4) is 0 Å². The lowest BCUT2D eigenvalue weighted by Crippen LogP contribution is -2.41. The smallest absolute Gasteiger partial charge is 0.319 e. The minimum absolute atomic E-state index is 0.156. The maximum Gasteiger partial charge on any atom is 0.319 e. The van der Waals surface area contributed by atoms with Crippen LogP contribution in [0.15, 0.2) is 48.0 Å². The zero-order valence-corrected chi connectivity index (χ0v) is 23.2. The number of nitrogens with zero attached hydrogens (tertiary/aromatic N) is 1. The van der Waals surface area contributed by atoms with Crippen molar-refractivity contribution in [1.29, 1.82) is 5.41 Å². The molecule has 2 aliphatic carbocycles. The SMILES string of the molecule is CC(C=N)=C(N)c1c(-c2ccc(NC(=O)NC3CCC3)cc2)n(C2CCC2)c2cc(OC3CCOCC3)ccc12. The van der Waals surface area contributed by atoms with Gasteiger partial charge >= 0.3 is 6.03 Å². The number of amides is 2. The Kier molecular flexibility index (Phi) is 7.52. The molecule has 3 aromatic rings. The number of anilines is 1. The number of allylic oxidation sites excluding steroid dienone is 1. The number of fused-ring (bicyclic) bond motifs is 1. The van der Waals surface area contributed by atoms with E-state index in [4.69, 9.17) is 20.6 Å². The Morgan fingerprint density at radius 1 is 1.05 bits per heavy atom. The number of hydrogen-bond acceptors (Lipinski definition) is 5. The average Bonchev–Trinajstić information content (AvgIpc) is 3.24. The van der Waals surface area contributed by atoms with Crippen molar-refractivity contribution in [1.82, 2.24) is 9.88 Å². The molecule has 2 heterocycles. The third kappa shape index (κ3) is 5.20. The van der Waals surface area contributed by atoms with Crippen molar-refractivity contribution in [2.24, 2.45) is 5.73 Å². The zero-order chi connectivity index (χ0) is 27.6. The standard InChI is InChI=1S/C32H39N5O3/c1-20(19-33)30(34)29-27-13-12-26(40-25-14-16-39-17-15-25)18-28(27)37(24-6-3-7-24)31(29)21-8-10-23(11-9-21)36-32(38)35-22-4-2-5-22/h8-13,18-19,22,24-25,33H,2-7,14-17,34H2,1H3,(H2,35,36,38). The first kappa shape index (κ1) is 26.4. The van der Waals surface area contributed by atoms with Crippen LogP contribution in [-0.4, -0.2) is 42.2 Å². The van der Waals surface area contributed by atoms with Gasteiger partial charge in [-0.15, -0.1) is 0 Å². The maximum absolute atomic E-state index is 12.4. The van der Waals surface area contributed by atoms with Gasteiger partial charge in [0.15, 0.2) is 0 Å². The molecule has 3 aliphatic rings. The predicted octanol–water partition coefficient (Wildman–Crippen LogP) is 6.60. The van der Waals surface area contributed by atoms with Gasteiger partial charge in [0.2, 0.25) is 0 Å². The summed E-state index contributed by atoms with van der Waals surface area (Å²) in [4.78, 5) is 12.4. The fraction of sp³-hybridized carbons (Fsp3) is 0.438. The van der Waals surface area contributed by atoms with Crippen LogP contribution in [0.2, 0.25) is 0 Å². The summed E-state index contributed by atoms with van der Waals surface area (Å²) in [5.41, 5.74) is 13.0. The molecule has 1 aromatic heterocycles. The number of aromatic nitrogens is 1. The van der Waals surface area contributed by atoms with Gasteiger partial charge < -0.3 is 35.8 Å². The van der Waals surface area contributed by atoms with Gasteiger partial charge in [0.05, 0.1) is 24.4 Å². The molecule has 6 rings (SSSR count). The first-order valence-corrected chi connectivity index (χ1v) is 14.6. The fourth-order valence-corrected chi connectivity index (χ4v) is 5.82. The molecule has 0 bridgehead atoms. The molecule has 8 heteroatoms. The Bertz CT molecular complexity index is 1430. The summed E-state index contributed by atoms with van der Waals surface area (Å²) in [6.07, 6.45) is 9.95. The van der Waals surface area contributed by atoms with E-state index in [0.29, 0.717) is 11.7 Å². The summed E-state index contributed by atoms with van der Waals surface area (Å²) in [5.74, 6) is 0.860. The molecule has 5 N–H and O–H groups in total. The fourth-order valence-electron chi connectivity index (χ4n) is 5.82. The highest BCUT2D eigenvalue weighted by molar-refractivity contribution is 6.04. The maximum atomic E-state index is 12.4. The second kappa shape index (κ2) is 11.4. The van der Waals surface area contributed by atoms with Crippen molar-refractivity contribution in [2.45, 2.75) is 76.5 Å². The number of nitrogens with two attached hydrogens (primary N) is 1. The summed E-state index contributed by atoms with van der Waals surface area (Å²) in [6.45, 7) is 3.35. The van der Waals surface area contributed by atoms with Gasteiger partial charge in [-0.3, -0.25) is 0 Å². The monoisotopic (exact) mass is 541 g/mol. The predicted molar refractivity (Wildman–Crippen MR) is 160 cm³/mol. The van der Waals surface area contributed by atoms with Crippen molar-refractivity contribution in [3.8, 4) is 17.0 Å². The van der Waals surface area contributed by atoms with Crippen molar-refractivity contribution in [3.05, 3.63) is 53.6 Å². The lowest BCUT2D eigenvalue weighted by molar-refractivity contribution is 0.0256. The molecule has 0 spiro atoms. The van der Waals surface area contributed by atoms with Crippen LogP contribution in [0, 0.1) is 5.41 Å². The highest BCUT2D eigenvalue weighted by Crippen LogP contribution is 2.45. The van der Waals surface area contributed by atoms with Crippen molar-refractivity contribution in [3.63, 3.8) is 0 Å². The molecule has 1 aliphatic heterocycles. The first-order chi connectivity index (χ1) is 19.5. The summed E-state index contributed by atoms with van der Waals surface area (Å²) in [5, 5.41) is 15.0. The Hall–Kier alpha value is -3.78. The van der Waals surface area contributed by atoms with E-state index in [1.54, 1.807) is 0 Å².